The van der Waals surface area contributed by atoms with Crippen molar-refractivity contribution in [1.29, 1.82) is 0 Å². The Morgan fingerprint density at radius 2 is 1.72 bits per heavy atom. The Hall–Kier alpha value is -1.73. The van der Waals surface area contributed by atoms with Crippen LogP contribution in [0, 0.1) is 11.6 Å². The molecule has 5 nitrogen and oxygen atoms in total. The summed E-state index contributed by atoms with van der Waals surface area (Å²) in [7, 11) is 0. The maximum atomic E-state index is 13.1. The van der Waals surface area contributed by atoms with Crippen LogP contribution in [0.3, 0.4) is 0 Å². The lowest BCUT2D eigenvalue weighted by Gasteiger charge is -2.16. The summed E-state index contributed by atoms with van der Waals surface area (Å²) in [4.78, 5) is 13.1. The highest BCUT2D eigenvalue weighted by atomic mass is 19.2. The Labute approximate surface area is 101 Å². The summed E-state index contributed by atoms with van der Waals surface area (Å²) < 4.78 is 25.9. The molecule has 0 saturated carbocycles. The molecule has 1 fully saturated rings. The number of amides is 1. The zero-order chi connectivity index (χ0) is 13.4. The fraction of sp³-hybridized carbons (Fsp3) is 0.364. The normalized spacial score (nSPS) is 23.4. The minimum Gasteiger partial charge on any atom is -0.398 e. The zero-order valence-electron chi connectivity index (χ0n) is 9.31. The van der Waals surface area contributed by atoms with Gasteiger partial charge in [-0.05, 0) is 6.07 Å². The summed E-state index contributed by atoms with van der Waals surface area (Å²) in [5.41, 5.74) is 5.08. The molecule has 1 aromatic rings. The highest BCUT2D eigenvalue weighted by molar-refractivity contribution is 5.99. The van der Waals surface area contributed by atoms with Crippen LogP contribution in [-0.4, -0.2) is 46.3 Å². The SMILES string of the molecule is Nc1cc(F)c(F)cc1C(=O)N1C[C@@H](O)[C@@H](O)C1. The van der Waals surface area contributed by atoms with Gasteiger partial charge in [-0.1, -0.05) is 0 Å². The van der Waals surface area contributed by atoms with Gasteiger partial charge >= 0.3 is 0 Å². The summed E-state index contributed by atoms with van der Waals surface area (Å²) in [6.07, 6.45) is -2.08. The molecule has 1 heterocycles. The van der Waals surface area contributed by atoms with Crippen LogP contribution < -0.4 is 5.73 Å². The van der Waals surface area contributed by atoms with Crippen LogP contribution in [0.15, 0.2) is 12.1 Å². The van der Waals surface area contributed by atoms with Crippen molar-refractivity contribution in [1.82, 2.24) is 4.90 Å². The van der Waals surface area contributed by atoms with E-state index in [-0.39, 0.29) is 24.3 Å². The minimum atomic E-state index is -1.17. The predicted octanol–water partition coefficient (Wildman–Crippen LogP) is -0.275. The van der Waals surface area contributed by atoms with Crippen LogP contribution in [0.4, 0.5) is 14.5 Å². The van der Waals surface area contributed by atoms with Crippen molar-refractivity contribution in [3.8, 4) is 0 Å². The summed E-state index contributed by atoms with van der Waals surface area (Å²) in [5, 5.41) is 18.6. The van der Waals surface area contributed by atoms with E-state index in [1.54, 1.807) is 0 Å². The van der Waals surface area contributed by atoms with Crippen LogP contribution in [0.1, 0.15) is 10.4 Å². The molecule has 1 aromatic carbocycles. The molecule has 4 N–H and O–H groups in total. The number of nitrogens with zero attached hydrogens (tertiary/aromatic N) is 1. The number of halogens is 2. The summed E-state index contributed by atoms with van der Waals surface area (Å²) >= 11 is 0. The number of nitrogens with two attached hydrogens (primary N) is 1. The van der Waals surface area contributed by atoms with Gasteiger partial charge in [0.25, 0.3) is 5.91 Å². The number of rotatable bonds is 1. The van der Waals surface area contributed by atoms with Crippen molar-refractivity contribution in [2.45, 2.75) is 12.2 Å². The lowest BCUT2D eigenvalue weighted by molar-refractivity contribution is 0.0572. The Morgan fingerprint density at radius 3 is 2.28 bits per heavy atom. The largest absolute Gasteiger partial charge is 0.398 e. The molecule has 1 aliphatic rings. The average molecular weight is 258 g/mol. The van der Waals surface area contributed by atoms with Crippen molar-refractivity contribution >= 4 is 11.6 Å². The number of hydrogen-bond acceptors (Lipinski definition) is 4. The molecule has 18 heavy (non-hydrogen) atoms. The highest BCUT2D eigenvalue weighted by Gasteiger charge is 2.33. The number of β-amino-alcohol motifs (C(OH)–C–C–N with tert-alkyl or cyclic N) is 2. The number of likely N-dealkylation sites (tertiary alicyclic amines) is 1. The lowest BCUT2D eigenvalue weighted by Crippen LogP contribution is -2.30. The first-order valence-electron chi connectivity index (χ1n) is 5.30. The number of carbonyl (C=O) groups excluding carboxylic acids is 1. The molecule has 2 atom stereocenters. The molecular formula is C11H12F2N2O3. The third-order valence-corrected chi connectivity index (χ3v) is 2.87. The van der Waals surface area contributed by atoms with Crippen LogP contribution >= 0.6 is 0 Å². The van der Waals surface area contributed by atoms with E-state index < -0.39 is 29.7 Å². The number of carbonyl (C=O) groups is 1. The summed E-state index contributed by atoms with van der Waals surface area (Å²) in [6.45, 7) is -0.142. The number of hydrogen-bond donors (Lipinski definition) is 3. The van der Waals surface area contributed by atoms with Gasteiger partial charge < -0.3 is 20.8 Å². The monoisotopic (exact) mass is 258 g/mol. The van der Waals surface area contributed by atoms with Gasteiger partial charge in [0.1, 0.15) is 0 Å². The second-order valence-electron chi connectivity index (χ2n) is 4.20. The van der Waals surface area contributed by atoms with Gasteiger partial charge in [-0.15, -0.1) is 0 Å². The van der Waals surface area contributed by atoms with Crippen molar-refractivity contribution in [3.05, 3.63) is 29.3 Å². The van der Waals surface area contributed by atoms with E-state index in [1.807, 2.05) is 0 Å². The van der Waals surface area contributed by atoms with E-state index in [0.717, 1.165) is 11.0 Å². The molecule has 98 valence electrons. The van der Waals surface area contributed by atoms with E-state index in [9.17, 15) is 23.8 Å². The molecule has 0 aromatic heterocycles. The van der Waals surface area contributed by atoms with Crippen molar-refractivity contribution in [2.24, 2.45) is 0 Å². The van der Waals surface area contributed by atoms with E-state index in [2.05, 4.69) is 0 Å². The van der Waals surface area contributed by atoms with Crippen molar-refractivity contribution in [3.63, 3.8) is 0 Å². The van der Waals surface area contributed by atoms with Crippen LogP contribution in [-0.2, 0) is 0 Å². The van der Waals surface area contributed by atoms with E-state index in [0.29, 0.717) is 6.07 Å². The Balaban J connectivity index is 2.27. The number of benzene rings is 1. The molecule has 0 radical (unpaired) electrons. The number of aliphatic hydroxyl groups is 2. The van der Waals surface area contributed by atoms with E-state index >= 15 is 0 Å². The van der Waals surface area contributed by atoms with Crippen molar-refractivity contribution in [2.75, 3.05) is 18.8 Å². The second kappa shape index (κ2) is 4.51. The Morgan fingerprint density at radius 1 is 1.22 bits per heavy atom. The second-order valence-corrected chi connectivity index (χ2v) is 4.20. The molecule has 7 heteroatoms. The molecule has 0 unspecified atom stereocenters. The summed E-state index contributed by atoms with van der Waals surface area (Å²) in [6, 6.07) is 1.44. The fourth-order valence-electron chi connectivity index (χ4n) is 1.85. The van der Waals surface area contributed by atoms with Crippen LogP contribution in [0.5, 0.6) is 0 Å². The topological polar surface area (TPSA) is 86.8 Å². The smallest absolute Gasteiger partial charge is 0.256 e. The first-order valence-corrected chi connectivity index (χ1v) is 5.30. The molecule has 1 saturated heterocycles. The van der Waals surface area contributed by atoms with Gasteiger partial charge in [0.15, 0.2) is 11.6 Å². The first-order chi connectivity index (χ1) is 8.40. The zero-order valence-corrected chi connectivity index (χ0v) is 9.31. The molecule has 0 bridgehead atoms. The molecule has 1 aliphatic heterocycles. The third-order valence-electron chi connectivity index (χ3n) is 2.87. The predicted molar refractivity (Wildman–Crippen MR) is 58.7 cm³/mol. The average Bonchev–Trinajstić information content (AvgIpc) is 2.63. The Kier molecular flexibility index (Phi) is 3.18. The van der Waals surface area contributed by atoms with Crippen molar-refractivity contribution < 1.29 is 23.8 Å². The maximum Gasteiger partial charge on any atom is 0.256 e. The molecular weight excluding hydrogens is 246 g/mol. The standard InChI is InChI=1S/C11H12F2N2O3/c12-6-1-5(8(14)2-7(6)13)11(18)15-3-9(16)10(17)4-15/h1-2,9-10,16-17H,3-4,14H2/t9-,10+. The van der Waals surface area contributed by atoms with Crippen LogP contribution in [0.25, 0.3) is 0 Å². The number of aliphatic hydroxyl groups excluding tert-OH is 2. The minimum absolute atomic E-state index is 0.0710. The number of anilines is 1. The molecule has 2 rings (SSSR count). The Bertz CT molecular complexity index is 485. The highest BCUT2D eigenvalue weighted by Crippen LogP contribution is 2.21. The molecule has 1 amide bonds. The number of nitrogen functional groups attached to an aromatic ring is 1. The fourth-order valence-corrected chi connectivity index (χ4v) is 1.85. The van der Waals surface area contributed by atoms with Gasteiger partial charge in [0.05, 0.1) is 17.8 Å². The quantitative estimate of drug-likeness (QED) is 0.605. The molecule has 0 spiro atoms. The lowest BCUT2D eigenvalue weighted by atomic mass is 10.1. The first kappa shape index (κ1) is 12.7. The molecule has 0 aliphatic carbocycles. The van der Waals surface area contributed by atoms with Gasteiger partial charge in [0.2, 0.25) is 0 Å². The summed E-state index contributed by atoms with van der Waals surface area (Å²) in [5.74, 6) is -2.96. The van der Waals surface area contributed by atoms with Crippen LogP contribution in [0.2, 0.25) is 0 Å². The van der Waals surface area contributed by atoms with Gasteiger partial charge in [-0.2, -0.15) is 0 Å². The van der Waals surface area contributed by atoms with Gasteiger partial charge in [-0.3, -0.25) is 4.79 Å². The van der Waals surface area contributed by atoms with E-state index in [1.165, 1.54) is 0 Å². The third kappa shape index (κ3) is 2.14. The van der Waals surface area contributed by atoms with E-state index in [4.69, 9.17) is 5.73 Å². The van der Waals surface area contributed by atoms with Gasteiger partial charge in [-0.25, -0.2) is 8.78 Å². The van der Waals surface area contributed by atoms with Gasteiger partial charge in [0, 0.05) is 24.8 Å². The maximum absolute atomic E-state index is 13.1.